The third-order valence-electron chi connectivity index (χ3n) is 2.64. The first-order chi connectivity index (χ1) is 6.60. The van der Waals surface area contributed by atoms with E-state index in [1.807, 2.05) is 14.7 Å². The van der Waals surface area contributed by atoms with Gasteiger partial charge in [-0.05, 0) is 0 Å². The van der Waals surface area contributed by atoms with Crippen LogP contribution in [0.3, 0.4) is 0 Å². The molecule has 1 aliphatic heterocycles. The fourth-order valence-electron chi connectivity index (χ4n) is 1.89. The van der Waals surface area contributed by atoms with E-state index in [9.17, 15) is 4.57 Å². The molecular formula is C6H15B2O5P. The molecule has 8 heteroatoms. The van der Waals surface area contributed by atoms with Crippen LogP contribution in [0.15, 0.2) is 0 Å². The Morgan fingerprint density at radius 2 is 2.36 bits per heavy atom. The fraction of sp³-hybridized carbons (Fsp3) is 1.00. The molecule has 1 saturated heterocycles. The Labute approximate surface area is 85.4 Å². The first-order valence-electron chi connectivity index (χ1n) is 4.76. The fourth-order valence-corrected chi connectivity index (χ4v) is 2.49. The Kier molecular flexibility index (Phi) is 4.67. The normalized spacial score (nSPS) is 39.6. The van der Waals surface area contributed by atoms with Crippen LogP contribution in [0.5, 0.6) is 0 Å². The van der Waals surface area contributed by atoms with E-state index in [4.69, 9.17) is 19.3 Å². The molecule has 0 amide bonds. The molecule has 2 N–H and O–H groups in total. The van der Waals surface area contributed by atoms with Crippen LogP contribution in [0.4, 0.5) is 0 Å². The minimum Gasteiger partial charge on any atom is -0.394 e. The second-order valence-electron chi connectivity index (χ2n) is 3.51. The lowest BCUT2D eigenvalue weighted by Gasteiger charge is -2.18. The summed E-state index contributed by atoms with van der Waals surface area (Å²) < 4.78 is 20.9. The van der Waals surface area contributed by atoms with Gasteiger partial charge in [0.1, 0.15) is 13.3 Å². The minimum absolute atomic E-state index is 0.00139. The van der Waals surface area contributed by atoms with Gasteiger partial charge in [-0.1, -0.05) is 6.92 Å². The molecule has 1 fully saturated rings. The van der Waals surface area contributed by atoms with Gasteiger partial charge in [-0.2, -0.15) is 0 Å². The Balaban J connectivity index is 2.64. The summed E-state index contributed by atoms with van der Waals surface area (Å²) in [6, 6.07) is -0.00139. The molecule has 14 heavy (non-hydrogen) atoms. The van der Waals surface area contributed by atoms with Gasteiger partial charge in [-0.25, -0.2) is 0 Å². The predicted molar refractivity (Wildman–Crippen MR) is 56.7 cm³/mol. The summed E-state index contributed by atoms with van der Waals surface area (Å²) >= 11 is 0. The van der Waals surface area contributed by atoms with E-state index in [0.29, 0.717) is 0 Å². The summed E-state index contributed by atoms with van der Waals surface area (Å²) in [7, 11) is -0.183. The van der Waals surface area contributed by atoms with Crippen LogP contribution in [0, 0.1) is 5.92 Å². The summed E-state index contributed by atoms with van der Waals surface area (Å²) in [6.07, 6.45) is -0.947. The molecule has 0 aromatic rings. The molecule has 1 heterocycles. The van der Waals surface area contributed by atoms with Crippen LogP contribution in [0.1, 0.15) is 6.92 Å². The first-order valence-corrected chi connectivity index (χ1v) is 6.02. The Hall–Kier alpha value is 0.200. The number of aliphatic hydroxyl groups is 1. The molecule has 0 aliphatic carbocycles. The number of aliphatic hydroxyl groups excluding tert-OH is 1. The zero-order chi connectivity index (χ0) is 10.7. The van der Waals surface area contributed by atoms with E-state index < -0.39 is 20.5 Å². The molecule has 5 nitrogen and oxygen atoms in total. The third kappa shape index (κ3) is 2.61. The molecule has 0 aromatic carbocycles. The van der Waals surface area contributed by atoms with Crippen molar-refractivity contribution >= 4 is 23.2 Å². The van der Waals surface area contributed by atoms with E-state index in [1.165, 1.54) is 0 Å². The van der Waals surface area contributed by atoms with Crippen LogP contribution < -0.4 is 0 Å². The average Bonchev–Trinajstić information content (AvgIpc) is 2.43. The van der Waals surface area contributed by atoms with Crippen molar-refractivity contribution in [3.05, 3.63) is 0 Å². The van der Waals surface area contributed by atoms with Crippen molar-refractivity contribution in [1.29, 1.82) is 0 Å². The highest BCUT2D eigenvalue weighted by Crippen LogP contribution is 2.33. The Bertz CT molecular complexity index is 214. The lowest BCUT2D eigenvalue weighted by Crippen LogP contribution is -2.30. The average molecular weight is 220 g/mol. The summed E-state index contributed by atoms with van der Waals surface area (Å²) in [6.45, 7) is 1.72. The van der Waals surface area contributed by atoms with Gasteiger partial charge in [-0.3, -0.25) is 4.57 Å². The smallest absolute Gasteiger partial charge is 0.316 e. The van der Waals surface area contributed by atoms with Crippen LogP contribution in [0.25, 0.3) is 0 Å². The topological polar surface area (TPSA) is 76.0 Å². The Morgan fingerprint density at radius 1 is 1.71 bits per heavy atom. The van der Waals surface area contributed by atoms with Crippen LogP contribution >= 0.6 is 8.25 Å². The van der Waals surface area contributed by atoms with Crippen LogP contribution in [0.2, 0.25) is 0 Å². The van der Waals surface area contributed by atoms with Crippen molar-refractivity contribution in [2.75, 3.05) is 6.61 Å². The van der Waals surface area contributed by atoms with Gasteiger partial charge in [-0.15, -0.1) is 0 Å². The van der Waals surface area contributed by atoms with Crippen molar-refractivity contribution < 1.29 is 23.8 Å². The summed E-state index contributed by atoms with van der Waals surface area (Å²) in [5, 5.41) is 9.00. The second-order valence-corrected chi connectivity index (χ2v) is 4.28. The monoisotopic (exact) mass is 220 g/mol. The lowest BCUT2D eigenvalue weighted by molar-refractivity contribution is 0.00245. The van der Waals surface area contributed by atoms with Crippen LogP contribution in [-0.4, -0.2) is 49.7 Å². The quantitative estimate of drug-likeness (QED) is 0.427. The standard InChI is InChI=1S/C6H15B2O5P/c1-3-5(13-14(10)11)4(2-9)12-6(3)8-7/h3-6,8-9,14H,2,7H2,1H3,(H,10,11)/t3-,4-,5+,6-/m1/s1. The molecule has 1 aliphatic rings. The van der Waals surface area contributed by atoms with Crippen molar-refractivity contribution in [2.24, 2.45) is 5.92 Å². The summed E-state index contributed by atoms with van der Waals surface area (Å²) in [5.41, 5.74) is 0. The van der Waals surface area contributed by atoms with Crippen molar-refractivity contribution in [3.8, 4) is 0 Å². The molecular weight excluding hydrogens is 205 g/mol. The van der Waals surface area contributed by atoms with E-state index in [-0.39, 0.29) is 18.5 Å². The molecule has 1 rings (SSSR count). The van der Waals surface area contributed by atoms with Gasteiger partial charge in [0.15, 0.2) is 0 Å². The number of hydrogen-bond acceptors (Lipinski definition) is 4. The van der Waals surface area contributed by atoms with Gasteiger partial charge in [0.25, 0.3) is 0 Å². The van der Waals surface area contributed by atoms with E-state index >= 15 is 0 Å². The molecule has 0 saturated carbocycles. The highest BCUT2D eigenvalue weighted by atomic mass is 31.1. The van der Waals surface area contributed by atoms with Crippen molar-refractivity contribution in [3.63, 3.8) is 0 Å². The molecule has 80 valence electrons. The summed E-state index contributed by atoms with van der Waals surface area (Å²) in [5.74, 6) is 0.0400. The first kappa shape index (κ1) is 12.3. The van der Waals surface area contributed by atoms with Crippen LogP contribution in [-0.2, 0) is 13.8 Å². The van der Waals surface area contributed by atoms with Crippen molar-refractivity contribution in [2.45, 2.75) is 25.1 Å². The molecule has 0 bridgehead atoms. The molecule has 0 spiro atoms. The van der Waals surface area contributed by atoms with Crippen molar-refractivity contribution in [1.82, 2.24) is 0 Å². The number of rotatable bonds is 4. The van der Waals surface area contributed by atoms with E-state index in [2.05, 4.69) is 0 Å². The van der Waals surface area contributed by atoms with Gasteiger partial charge < -0.3 is 19.3 Å². The third-order valence-corrected chi connectivity index (χ3v) is 3.11. The maximum atomic E-state index is 10.6. The zero-order valence-corrected chi connectivity index (χ0v) is 9.34. The minimum atomic E-state index is -2.96. The van der Waals surface area contributed by atoms with E-state index in [0.717, 1.165) is 7.17 Å². The Morgan fingerprint density at radius 3 is 2.79 bits per heavy atom. The molecule has 1 unspecified atom stereocenters. The van der Waals surface area contributed by atoms with Gasteiger partial charge in [0.2, 0.25) is 0 Å². The van der Waals surface area contributed by atoms with Gasteiger partial charge in [0.05, 0.1) is 20.4 Å². The zero-order valence-electron chi connectivity index (χ0n) is 8.34. The lowest BCUT2D eigenvalue weighted by atomic mass is 9.49. The summed E-state index contributed by atoms with van der Waals surface area (Å²) in [4.78, 5) is 8.69. The van der Waals surface area contributed by atoms with Gasteiger partial charge >= 0.3 is 8.25 Å². The second kappa shape index (κ2) is 5.33. The van der Waals surface area contributed by atoms with E-state index in [1.54, 1.807) is 0 Å². The highest BCUT2D eigenvalue weighted by Gasteiger charge is 2.41. The maximum absolute atomic E-state index is 10.6. The molecule has 0 aromatic heterocycles. The largest absolute Gasteiger partial charge is 0.394 e. The number of hydrogen-bond donors (Lipinski definition) is 2. The maximum Gasteiger partial charge on any atom is 0.316 e. The highest BCUT2D eigenvalue weighted by molar-refractivity contribution is 7.32. The number of ether oxygens (including phenoxy) is 1. The SMILES string of the molecule is BB[C@@H]1O[C@H](CO)[C@@H](O[PH](=O)O)[C@H]1C. The van der Waals surface area contributed by atoms with Gasteiger partial charge in [0, 0.05) is 11.9 Å². The predicted octanol–water partition coefficient (Wildman–Crippen LogP) is -1.91. The molecule has 5 atom stereocenters. The molecule has 0 radical (unpaired) electrons.